The summed E-state index contributed by atoms with van der Waals surface area (Å²) >= 11 is 0. The van der Waals surface area contributed by atoms with Crippen LogP contribution in [0.2, 0.25) is 0 Å². The van der Waals surface area contributed by atoms with Gasteiger partial charge in [-0.3, -0.25) is 0 Å². The third-order valence-corrected chi connectivity index (χ3v) is 6.28. The van der Waals surface area contributed by atoms with Crippen molar-refractivity contribution in [1.82, 2.24) is 4.72 Å². The van der Waals surface area contributed by atoms with E-state index in [9.17, 15) is 18.0 Å². The molecule has 2 aliphatic rings. The van der Waals surface area contributed by atoms with Crippen LogP contribution in [0, 0.1) is 0 Å². The third kappa shape index (κ3) is 4.41. The molecule has 3 rings (SSSR count). The maximum absolute atomic E-state index is 12.8. The fourth-order valence-corrected chi connectivity index (χ4v) is 4.85. The second-order valence-electron chi connectivity index (χ2n) is 6.85. The van der Waals surface area contributed by atoms with E-state index in [1.165, 1.54) is 25.3 Å². The topological polar surface area (TPSA) is 108 Å². The molecule has 1 saturated carbocycles. The zero-order valence-corrected chi connectivity index (χ0v) is 16.1. The highest BCUT2D eigenvalue weighted by Gasteiger charge is 2.35. The Hall–Kier alpha value is -2.13. The Balaban J connectivity index is 1.82. The molecule has 1 aliphatic heterocycles. The van der Waals surface area contributed by atoms with Crippen LogP contribution < -0.4 is 9.46 Å². The van der Waals surface area contributed by atoms with E-state index in [1.807, 2.05) is 0 Å². The van der Waals surface area contributed by atoms with Gasteiger partial charge in [0.15, 0.2) is 0 Å². The Morgan fingerprint density at radius 2 is 1.96 bits per heavy atom. The first-order valence-electron chi connectivity index (χ1n) is 8.92. The minimum atomic E-state index is -3.86. The van der Waals surface area contributed by atoms with Crippen LogP contribution in [-0.2, 0) is 24.3 Å². The lowest BCUT2D eigenvalue weighted by Gasteiger charge is -2.16. The van der Waals surface area contributed by atoms with Crippen molar-refractivity contribution in [2.24, 2.45) is 0 Å². The molecular formula is C18H23NO7S. The zero-order valence-electron chi connectivity index (χ0n) is 15.3. The number of cyclic esters (lactones) is 1. The number of hydrogen-bond acceptors (Lipinski definition) is 7. The van der Waals surface area contributed by atoms with Gasteiger partial charge in [-0.2, -0.15) is 0 Å². The third-order valence-electron chi connectivity index (χ3n) is 4.74. The average Bonchev–Trinajstić information content (AvgIpc) is 3.23. The Kier molecular flexibility index (Phi) is 5.71. The fourth-order valence-electron chi connectivity index (χ4n) is 3.35. The first-order valence-corrected chi connectivity index (χ1v) is 10.4. The summed E-state index contributed by atoms with van der Waals surface area (Å²) in [6.45, 7) is 1.71. The monoisotopic (exact) mass is 397 g/mol. The van der Waals surface area contributed by atoms with Gasteiger partial charge in [-0.15, -0.1) is 0 Å². The van der Waals surface area contributed by atoms with Crippen LogP contribution in [0.3, 0.4) is 0 Å². The Morgan fingerprint density at radius 1 is 1.26 bits per heavy atom. The van der Waals surface area contributed by atoms with Crippen LogP contribution in [0.4, 0.5) is 0 Å². The largest absolute Gasteiger partial charge is 0.495 e. The summed E-state index contributed by atoms with van der Waals surface area (Å²) in [5.74, 6) is -1.25. The molecule has 1 heterocycles. The van der Waals surface area contributed by atoms with Crippen molar-refractivity contribution in [2.75, 3.05) is 7.11 Å². The van der Waals surface area contributed by atoms with Gasteiger partial charge in [0.1, 0.15) is 16.7 Å². The molecule has 0 radical (unpaired) electrons. The van der Waals surface area contributed by atoms with E-state index in [0.29, 0.717) is 0 Å². The average molecular weight is 397 g/mol. The van der Waals surface area contributed by atoms with E-state index < -0.39 is 28.1 Å². The van der Waals surface area contributed by atoms with Gasteiger partial charge in [-0.25, -0.2) is 22.7 Å². The molecule has 8 nitrogen and oxygen atoms in total. The Morgan fingerprint density at radius 3 is 2.56 bits per heavy atom. The molecule has 27 heavy (non-hydrogen) atoms. The van der Waals surface area contributed by atoms with Gasteiger partial charge in [0, 0.05) is 12.5 Å². The quantitative estimate of drug-likeness (QED) is 0.729. The van der Waals surface area contributed by atoms with Crippen LogP contribution in [0.25, 0.3) is 0 Å². The van der Waals surface area contributed by atoms with Crippen LogP contribution in [-0.4, -0.2) is 45.7 Å². The molecule has 0 bridgehead atoms. The molecule has 2 atom stereocenters. The number of esters is 2. The predicted octanol–water partition coefficient (Wildman–Crippen LogP) is 1.78. The summed E-state index contributed by atoms with van der Waals surface area (Å²) in [4.78, 5) is 23.9. The molecule has 1 N–H and O–H groups in total. The van der Waals surface area contributed by atoms with E-state index in [2.05, 4.69) is 4.72 Å². The highest BCUT2D eigenvalue weighted by atomic mass is 32.2. The minimum absolute atomic E-state index is 0.0231. The van der Waals surface area contributed by atoms with Crippen LogP contribution in [0.5, 0.6) is 5.75 Å². The van der Waals surface area contributed by atoms with E-state index in [4.69, 9.17) is 14.2 Å². The molecule has 1 saturated heterocycles. The van der Waals surface area contributed by atoms with Gasteiger partial charge in [-0.05, 0) is 38.0 Å². The fraction of sp³-hybridized carbons (Fsp3) is 0.556. The van der Waals surface area contributed by atoms with Crippen LogP contribution in [0.15, 0.2) is 23.1 Å². The molecule has 9 heteroatoms. The molecule has 0 aromatic heterocycles. The molecule has 1 aromatic rings. The molecule has 1 aliphatic carbocycles. The number of carbonyl (C=O) groups excluding carboxylic acids is 2. The van der Waals surface area contributed by atoms with E-state index in [-0.39, 0.29) is 34.8 Å². The second kappa shape index (κ2) is 7.85. The van der Waals surface area contributed by atoms with Crippen molar-refractivity contribution in [3.8, 4) is 5.75 Å². The smallest absolute Gasteiger partial charge is 0.347 e. The number of rotatable bonds is 6. The molecule has 2 unspecified atom stereocenters. The maximum Gasteiger partial charge on any atom is 0.347 e. The molecular weight excluding hydrogens is 374 g/mol. The van der Waals surface area contributed by atoms with Gasteiger partial charge in [-0.1, -0.05) is 12.8 Å². The summed E-state index contributed by atoms with van der Waals surface area (Å²) in [5, 5.41) is 0. The van der Waals surface area contributed by atoms with Crippen molar-refractivity contribution >= 4 is 22.0 Å². The normalized spacial score (nSPS) is 23.3. The van der Waals surface area contributed by atoms with E-state index in [1.54, 1.807) is 6.92 Å². The van der Waals surface area contributed by atoms with Crippen LogP contribution in [0.1, 0.15) is 49.4 Å². The lowest BCUT2D eigenvalue weighted by molar-refractivity contribution is -0.147. The van der Waals surface area contributed by atoms with Gasteiger partial charge in [0.05, 0.1) is 12.7 Å². The second-order valence-corrected chi connectivity index (χ2v) is 8.53. The van der Waals surface area contributed by atoms with Crippen molar-refractivity contribution in [1.29, 1.82) is 0 Å². The number of ether oxygens (including phenoxy) is 3. The van der Waals surface area contributed by atoms with Crippen molar-refractivity contribution in [3.05, 3.63) is 23.8 Å². The van der Waals surface area contributed by atoms with Gasteiger partial charge < -0.3 is 14.2 Å². The van der Waals surface area contributed by atoms with Crippen molar-refractivity contribution < 1.29 is 32.2 Å². The van der Waals surface area contributed by atoms with E-state index in [0.717, 1.165) is 25.7 Å². The summed E-state index contributed by atoms with van der Waals surface area (Å²) < 4.78 is 43.5. The number of sulfonamides is 1. The number of nitrogens with one attached hydrogen (secondary N) is 1. The van der Waals surface area contributed by atoms with Gasteiger partial charge >= 0.3 is 11.9 Å². The lowest BCUT2D eigenvalue weighted by Crippen LogP contribution is -2.33. The Bertz CT molecular complexity index is 830. The van der Waals surface area contributed by atoms with E-state index >= 15 is 0 Å². The summed E-state index contributed by atoms with van der Waals surface area (Å²) in [7, 11) is -2.50. The first-order chi connectivity index (χ1) is 12.8. The SMILES string of the molecule is COc1ccc(C(=O)OC2CC(C)OC2=O)cc1S(=O)(=O)NC1CCCC1. The number of hydrogen-bond donors (Lipinski definition) is 1. The Labute approximate surface area is 158 Å². The standard InChI is InChI=1S/C18H23NO7S/c1-11-9-15(18(21)25-11)26-17(20)12-7-8-14(24-2)16(10-12)27(22,23)19-13-5-3-4-6-13/h7-8,10-11,13,15,19H,3-6,9H2,1-2H3. The number of methoxy groups -OCH3 is 1. The van der Waals surface area contributed by atoms with Gasteiger partial charge in [0.25, 0.3) is 0 Å². The first kappa shape index (κ1) is 19.6. The van der Waals surface area contributed by atoms with Gasteiger partial charge in [0.2, 0.25) is 16.1 Å². The molecule has 2 fully saturated rings. The highest BCUT2D eigenvalue weighted by Crippen LogP contribution is 2.28. The highest BCUT2D eigenvalue weighted by molar-refractivity contribution is 7.89. The summed E-state index contributed by atoms with van der Waals surface area (Å²) in [6, 6.07) is 3.89. The molecule has 0 amide bonds. The predicted molar refractivity (Wildman–Crippen MR) is 94.9 cm³/mol. The summed E-state index contributed by atoms with van der Waals surface area (Å²) in [6.07, 6.45) is 2.49. The molecule has 0 spiro atoms. The number of carbonyl (C=O) groups is 2. The minimum Gasteiger partial charge on any atom is -0.495 e. The van der Waals surface area contributed by atoms with Crippen molar-refractivity contribution in [3.63, 3.8) is 0 Å². The zero-order chi connectivity index (χ0) is 19.6. The maximum atomic E-state index is 12.8. The molecule has 148 valence electrons. The lowest BCUT2D eigenvalue weighted by atomic mass is 10.2. The summed E-state index contributed by atoms with van der Waals surface area (Å²) in [5.41, 5.74) is 0.0231. The van der Waals surface area contributed by atoms with Crippen LogP contribution >= 0.6 is 0 Å². The molecule has 1 aromatic carbocycles. The van der Waals surface area contributed by atoms with Crippen molar-refractivity contribution in [2.45, 2.75) is 62.2 Å². The number of benzene rings is 1.